The largest absolute Gasteiger partial charge is 0.497 e. The predicted octanol–water partition coefficient (Wildman–Crippen LogP) is 1.70. The predicted molar refractivity (Wildman–Crippen MR) is 107 cm³/mol. The maximum absolute atomic E-state index is 13.8. The molecule has 1 aromatic carbocycles. The lowest BCUT2D eigenvalue weighted by molar-refractivity contribution is -0.902. The van der Waals surface area contributed by atoms with E-state index in [1.807, 2.05) is 0 Å². The van der Waals surface area contributed by atoms with Crippen LogP contribution in [0.4, 0.5) is 8.78 Å². The van der Waals surface area contributed by atoms with E-state index in [0.29, 0.717) is 30.1 Å². The van der Waals surface area contributed by atoms with Gasteiger partial charge in [-0.25, -0.2) is 18.3 Å². The van der Waals surface area contributed by atoms with Gasteiger partial charge in [0.05, 0.1) is 51.7 Å². The summed E-state index contributed by atoms with van der Waals surface area (Å²) in [7, 11) is 1.56. The average molecular weight is 416 g/mol. The van der Waals surface area contributed by atoms with Gasteiger partial charge in [-0.2, -0.15) is 5.10 Å². The van der Waals surface area contributed by atoms with E-state index in [1.54, 1.807) is 36.3 Å². The van der Waals surface area contributed by atoms with Crippen LogP contribution >= 0.6 is 0 Å². The number of nitrogens with zero attached hydrogens (tertiary/aromatic N) is 4. The first-order valence-corrected chi connectivity index (χ1v) is 9.96. The molecule has 0 radical (unpaired) electrons. The molecule has 2 aromatic heterocycles. The molecule has 3 heterocycles. The Balaban J connectivity index is 1.74. The van der Waals surface area contributed by atoms with Crippen molar-refractivity contribution in [3.8, 4) is 17.0 Å². The molecule has 0 saturated carbocycles. The van der Waals surface area contributed by atoms with Gasteiger partial charge in [0.25, 0.3) is 12.3 Å². The lowest BCUT2D eigenvalue weighted by atomic mass is 10.1. The highest BCUT2D eigenvalue weighted by molar-refractivity contribution is 6.00. The zero-order chi connectivity index (χ0) is 21.3. The van der Waals surface area contributed by atoms with Crippen LogP contribution in [0.5, 0.6) is 5.75 Å². The quantitative estimate of drug-likeness (QED) is 0.688. The molecule has 4 rings (SSSR count). The van der Waals surface area contributed by atoms with Crippen LogP contribution in [0.2, 0.25) is 0 Å². The Morgan fingerprint density at radius 2 is 1.93 bits per heavy atom. The summed E-state index contributed by atoms with van der Waals surface area (Å²) in [6.45, 7) is 6.12. The summed E-state index contributed by atoms with van der Waals surface area (Å²) in [6, 6.07) is 8.28. The number of piperazine rings is 1. The summed E-state index contributed by atoms with van der Waals surface area (Å²) in [5.41, 5.74) is 1.10. The lowest BCUT2D eigenvalue weighted by Gasteiger charge is -2.31. The molecule has 1 N–H and O–H groups in total. The number of nitrogens with one attached hydrogen (secondary N) is 1. The van der Waals surface area contributed by atoms with E-state index in [0.717, 1.165) is 24.1 Å². The Kier molecular flexibility index (Phi) is 5.63. The molecule has 0 aliphatic carbocycles. The number of hydrogen-bond acceptors (Lipinski definition) is 4. The van der Waals surface area contributed by atoms with Crippen molar-refractivity contribution in [3.63, 3.8) is 0 Å². The average Bonchev–Trinajstić information content (AvgIpc) is 3.22. The number of benzene rings is 1. The summed E-state index contributed by atoms with van der Waals surface area (Å²) >= 11 is 0. The molecule has 1 fully saturated rings. The van der Waals surface area contributed by atoms with Crippen molar-refractivity contribution >= 4 is 11.6 Å². The number of rotatable bonds is 5. The van der Waals surface area contributed by atoms with Crippen LogP contribution in [0, 0.1) is 0 Å². The number of fused-ring (bicyclic) bond motifs is 1. The number of quaternary nitrogens is 1. The Morgan fingerprint density at radius 3 is 2.53 bits per heavy atom. The minimum absolute atomic E-state index is 0.147. The highest BCUT2D eigenvalue weighted by Crippen LogP contribution is 2.28. The molecule has 0 atom stereocenters. The third kappa shape index (κ3) is 3.72. The Bertz CT molecular complexity index is 1040. The standard InChI is InChI=1S/C21H23F2N5O2/c1-3-26-8-10-27(11-9-26)21(29)16-13-24-28-18(19(22)23)12-17(25-20(16)28)14-4-6-15(30-2)7-5-14/h4-7,12-13,19H,3,8-11H2,1-2H3/p+1. The number of carbonyl (C=O) groups is 1. The van der Waals surface area contributed by atoms with E-state index in [1.165, 1.54) is 17.2 Å². The molecule has 1 aliphatic heterocycles. The van der Waals surface area contributed by atoms with Gasteiger partial charge in [0.1, 0.15) is 17.0 Å². The number of aromatic nitrogens is 3. The normalized spacial score (nSPS) is 15.2. The molecule has 0 bridgehead atoms. The van der Waals surface area contributed by atoms with E-state index in [4.69, 9.17) is 4.74 Å². The third-order valence-electron chi connectivity index (χ3n) is 5.60. The fraction of sp³-hybridized carbons (Fsp3) is 0.381. The number of ether oxygens (including phenoxy) is 1. The number of alkyl halides is 2. The second-order valence-electron chi connectivity index (χ2n) is 7.28. The molecule has 0 unspecified atom stereocenters. The van der Waals surface area contributed by atoms with Crippen LogP contribution in [0.3, 0.4) is 0 Å². The second kappa shape index (κ2) is 8.35. The van der Waals surface area contributed by atoms with Crippen molar-refractivity contribution in [1.82, 2.24) is 19.5 Å². The number of halogens is 2. The Morgan fingerprint density at radius 1 is 1.23 bits per heavy atom. The summed E-state index contributed by atoms with van der Waals surface area (Å²) < 4.78 is 33.7. The molecule has 1 saturated heterocycles. The third-order valence-corrected chi connectivity index (χ3v) is 5.60. The maximum atomic E-state index is 13.8. The minimum Gasteiger partial charge on any atom is -0.497 e. The van der Waals surface area contributed by atoms with E-state index < -0.39 is 6.43 Å². The molecule has 7 nitrogen and oxygen atoms in total. The van der Waals surface area contributed by atoms with Gasteiger partial charge in [-0.05, 0) is 37.3 Å². The maximum Gasteiger partial charge on any atom is 0.280 e. The highest BCUT2D eigenvalue weighted by Gasteiger charge is 2.28. The minimum atomic E-state index is -2.76. The fourth-order valence-electron chi connectivity index (χ4n) is 3.75. The first-order chi connectivity index (χ1) is 14.5. The zero-order valence-electron chi connectivity index (χ0n) is 16.9. The first kappa shape index (κ1) is 20.2. The summed E-state index contributed by atoms with van der Waals surface area (Å²) in [4.78, 5) is 20.8. The molecular formula is C21H24F2N5O2+. The van der Waals surface area contributed by atoms with Crippen LogP contribution in [0.1, 0.15) is 29.4 Å². The van der Waals surface area contributed by atoms with Gasteiger partial charge in [0, 0.05) is 5.56 Å². The van der Waals surface area contributed by atoms with Gasteiger partial charge in [0.15, 0.2) is 5.65 Å². The SMILES string of the molecule is CC[NH+]1CCN(C(=O)c2cnn3c(C(F)F)cc(-c4ccc(OC)cc4)nc23)CC1. The van der Waals surface area contributed by atoms with Crippen LogP contribution in [0.15, 0.2) is 36.5 Å². The van der Waals surface area contributed by atoms with Gasteiger partial charge in [0.2, 0.25) is 0 Å². The van der Waals surface area contributed by atoms with Gasteiger partial charge < -0.3 is 14.5 Å². The number of likely N-dealkylation sites (N-methyl/N-ethyl adjacent to an activating group) is 1. The molecule has 30 heavy (non-hydrogen) atoms. The van der Waals surface area contributed by atoms with E-state index in [-0.39, 0.29) is 22.8 Å². The van der Waals surface area contributed by atoms with Crippen LogP contribution in [0.25, 0.3) is 16.9 Å². The Labute approximate surface area is 172 Å². The van der Waals surface area contributed by atoms with Crippen LogP contribution < -0.4 is 9.64 Å². The van der Waals surface area contributed by atoms with Crippen molar-refractivity contribution < 1.29 is 23.2 Å². The first-order valence-electron chi connectivity index (χ1n) is 9.96. The summed E-state index contributed by atoms with van der Waals surface area (Å²) in [5, 5.41) is 4.05. The number of carbonyl (C=O) groups excluding carboxylic acids is 1. The van der Waals surface area contributed by atoms with Crippen molar-refractivity contribution in [3.05, 3.63) is 47.8 Å². The zero-order valence-corrected chi connectivity index (χ0v) is 16.9. The molecule has 0 spiro atoms. The second-order valence-corrected chi connectivity index (χ2v) is 7.28. The van der Waals surface area contributed by atoms with Gasteiger partial charge >= 0.3 is 0 Å². The molecule has 1 amide bonds. The summed E-state index contributed by atoms with van der Waals surface area (Å²) in [6.07, 6.45) is -1.42. The summed E-state index contributed by atoms with van der Waals surface area (Å²) in [5.74, 6) is 0.433. The molecule has 1 aliphatic rings. The van der Waals surface area contributed by atoms with Crippen LogP contribution in [-0.2, 0) is 0 Å². The smallest absolute Gasteiger partial charge is 0.280 e. The fourth-order valence-corrected chi connectivity index (χ4v) is 3.75. The number of methoxy groups -OCH3 is 1. The number of hydrogen-bond donors (Lipinski definition) is 1. The number of amides is 1. The van der Waals surface area contributed by atoms with Gasteiger partial charge in [-0.15, -0.1) is 0 Å². The van der Waals surface area contributed by atoms with E-state index in [9.17, 15) is 13.6 Å². The van der Waals surface area contributed by atoms with Gasteiger partial charge in [-0.1, -0.05) is 0 Å². The molecule has 158 valence electrons. The topological polar surface area (TPSA) is 64.2 Å². The monoisotopic (exact) mass is 416 g/mol. The molecular weight excluding hydrogens is 392 g/mol. The molecule has 9 heteroatoms. The van der Waals surface area contributed by atoms with Crippen molar-refractivity contribution in [2.45, 2.75) is 13.3 Å². The Hall–Kier alpha value is -3.07. The highest BCUT2D eigenvalue weighted by atomic mass is 19.3. The van der Waals surface area contributed by atoms with E-state index in [2.05, 4.69) is 17.0 Å². The lowest BCUT2D eigenvalue weighted by Crippen LogP contribution is -3.14. The van der Waals surface area contributed by atoms with Crippen molar-refractivity contribution in [2.75, 3.05) is 39.8 Å². The van der Waals surface area contributed by atoms with Crippen molar-refractivity contribution in [1.29, 1.82) is 0 Å². The van der Waals surface area contributed by atoms with Gasteiger partial charge in [-0.3, -0.25) is 4.79 Å². The molecule has 3 aromatic rings. The van der Waals surface area contributed by atoms with E-state index >= 15 is 0 Å². The van der Waals surface area contributed by atoms with Crippen molar-refractivity contribution in [2.24, 2.45) is 0 Å². The van der Waals surface area contributed by atoms with Crippen LogP contribution in [-0.4, -0.2) is 65.2 Å².